The number of nitrogens with zero attached hydrogens (tertiary/aromatic N) is 3. The fourth-order valence-corrected chi connectivity index (χ4v) is 12.2. The number of carbonyl (C=O) groups excluding carboxylic acids is 5. The molecule has 19 atom stereocenters. The lowest BCUT2D eigenvalue weighted by Crippen LogP contribution is -2.65. The number of amides is 2. The van der Waals surface area contributed by atoms with Crippen LogP contribution in [0.1, 0.15) is 108 Å². The molecule has 0 spiro atoms. The van der Waals surface area contributed by atoms with Crippen molar-refractivity contribution in [3.8, 4) is 0 Å². The van der Waals surface area contributed by atoms with Crippen LogP contribution in [0.3, 0.4) is 0 Å². The summed E-state index contributed by atoms with van der Waals surface area (Å²) in [6, 6.07) is 5.69. The van der Waals surface area contributed by atoms with Crippen molar-refractivity contribution in [2.75, 3.05) is 79.3 Å². The first kappa shape index (κ1) is 80.0. The molecular formula is C70H108N6O19. The van der Waals surface area contributed by atoms with Crippen LogP contribution in [-0.4, -0.2) is 267 Å². The second kappa shape index (κ2) is 40.9. The lowest BCUT2D eigenvalue weighted by atomic mass is 9.82. The number of hydrogen-bond donors (Lipinski definition) is 13. The molecule has 3 saturated heterocycles. The molecule has 0 radical (unpaired) electrons. The van der Waals surface area contributed by atoms with Crippen LogP contribution in [0.25, 0.3) is 0 Å². The number of esters is 1. The standard InChI is InChI=1S/C70H108N6O19/c1-45-20-18-16-14-12-10-8-9-11-13-15-17-19-21-57(93-69-66(89)64(65(88)47(3)92-69)73-61(86)44-76-32-30-75(7)31-33-76)41-60-63(68(90)72-28-29-74(5)6)59(85)43-70(91,95-60)42-56(83)38-54(81)36-52(79)34-51(78)35-53(80)37-55(82)40-62(87)94-67(45)46(2)22-27-50(77)39-58(84)48-23-25-49(71-4)26-24-48/h8-21,23-26,45-47,50-52,54-57,59-60,63-67,69,71,77-79,81-83,85,88-89,91H,22,27-44H2,1-7H3,(H,72,90)(H,73,86)/b9-8+,12-10+,13-11+,16-14+,17-15+,20-18+,21-19+. The number of nitrogens with one attached hydrogen (secondary N) is 3. The fraction of sp³-hybridized carbons (Fsp3) is 0.643. The lowest BCUT2D eigenvalue weighted by Gasteiger charge is -2.46. The van der Waals surface area contributed by atoms with Gasteiger partial charge in [0.15, 0.2) is 17.9 Å². The zero-order valence-electron chi connectivity index (χ0n) is 56.2. The number of allylic oxidation sites excluding steroid dienone is 12. The number of aliphatic hydroxyl groups is 10. The van der Waals surface area contributed by atoms with Crippen LogP contribution in [0.2, 0.25) is 0 Å². The Kier molecular flexibility index (Phi) is 34.4. The quantitative estimate of drug-likeness (QED) is 0.0780. The highest BCUT2D eigenvalue weighted by atomic mass is 16.7. The highest BCUT2D eigenvalue weighted by Crippen LogP contribution is 2.38. The molecular weight excluding hydrogens is 1230 g/mol. The van der Waals surface area contributed by atoms with Crippen molar-refractivity contribution in [1.82, 2.24) is 25.3 Å². The van der Waals surface area contributed by atoms with E-state index in [4.69, 9.17) is 18.9 Å². The number of anilines is 1. The molecule has 2 bridgehead atoms. The Morgan fingerprint density at radius 3 is 1.92 bits per heavy atom. The highest BCUT2D eigenvalue weighted by molar-refractivity contribution is 5.96. The third-order valence-electron chi connectivity index (χ3n) is 17.5. The third-order valence-corrected chi connectivity index (χ3v) is 17.5. The number of ketones is 2. The van der Waals surface area contributed by atoms with Gasteiger partial charge >= 0.3 is 5.97 Å². The van der Waals surface area contributed by atoms with E-state index in [-0.39, 0.29) is 50.0 Å². The van der Waals surface area contributed by atoms with Gasteiger partial charge in [-0.1, -0.05) is 98.9 Å². The number of piperazine rings is 1. The summed E-state index contributed by atoms with van der Waals surface area (Å²) in [5, 5.41) is 122. The van der Waals surface area contributed by atoms with E-state index in [2.05, 4.69) is 20.9 Å². The summed E-state index contributed by atoms with van der Waals surface area (Å²) >= 11 is 0. The van der Waals surface area contributed by atoms with E-state index in [1.807, 2.05) is 50.9 Å². The molecule has 95 heavy (non-hydrogen) atoms. The van der Waals surface area contributed by atoms with Crippen molar-refractivity contribution in [1.29, 1.82) is 0 Å². The number of likely N-dealkylation sites (N-methyl/N-ethyl adjacent to an activating group) is 2. The second-order valence-corrected chi connectivity index (χ2v) is 26.3. The van der Waals surface area contributed by atoms with Gasteiger partial charge in [-0.25, -0.2) is 0 Å². The molecule has 25 heteroatoms. The van der Waals surface area contributed by atoms with Crippen molar-refractivity contribution in [3.63, 3.8) is 0 Å². The molecule has 5 rings (SSSR count). The highest BCUT2D eigenvalue weighted by Gasteiger charge is 2.51. The van der Waals surface area contributed by atoms with E-state index in [9.17, 15) is 75.0 Å². The van der Waals surface area contributed by atoms with Gasteiger partial charge in [-0.05, 0) is 90.4 Å². The van der Waals surface area contributed by atoms with Gasteiger partial charge in [-0.15, -0.1) is 0 Å². The van der Waals surface area contributed by atoms with Gasteiger partial charge < -0.3 is 95.8 Å². The van der Waals surface area contributed by atoms with Crippen molar-refractivity contribution in [2.45, 2.75) is 195 Å². The molecule has 3 fully saturated rings. The first-order chi connectivity index (χ1) is 45.1. The zero-order chi connectivity index (χ0) is 69.8. The first-order valence-corrected chi connectivity index (χ1v) is 33.3. The van der Waals surface area contributed by atoms with Gasteiger partial charge in [0, 0.05) is 102 Å². The summed E-state index contributed by atoms with van der Waals surface area (Å²) < 4.78 is 24.8. The molecule has 13 N–H and O–H groups in total. The smallest absolute Gasteiger partial charge is 0.308 e. The number of benzene rings is 1. The van der Waals surface area contributed by atoms with Gasteiger partial charge in [0.1, 0.15) is 24.1 Å². The van der Waals surface area contributed by atoms with E-state index in [0.29, 0.717) is 31.6 Å². The van der Waals surface area contributed by atoms with Crippen LogP contribution in [0, 0.1) is 17.8 Å². The van der Waals surface area contributed by atoms with Crippen LogP contribution in [-0.2, 0) is 38.1 Å². The van der Waals surface area contributed by atoms with Gasteiger partial charge in [-0.2, -0.15) is 0 Å². The van der Waals surface area contributed by atoms with E-state index in [1.165, 1.54) is 0 Å². The Bertz CT molecular complexity index is 2740. The molecule has 1 aromatic carbocycles. The zero-order valence-corrected chi connectivity index (χ0v) is 56.2. The molecule has 4 aliphatic heterocycles. The number of aliphatic hydroxyl groups excluding tert-OH is 9. The Morgan fingerprint density at radius 1 is 0.726 bits per heavy atom. The Labute approximate surface area is 559 Å². The van der Waals surface area contributed by atoms with Gasteiger partial charge in [-0.3, -0.25) is 28.9 Å². The number of fused-ring (bicyclic) bond motifs is 2. The SMILES string of the molecule is CNc1ccc(C(=O)CC(O)CCC(C)C2OC(=O)CC(O)CC(=O)CC(O)CC(O)CC(O)CC(O)CC3(O)CC(O)C(C(=O)NCCN(C)C)C(CC(OC4OC(C)C(O)C(NC(=O)CN5CCN(C)CC5)C4O)/C=C/C=C/C=C/C=C/C=C/C=C/C=C/C2C)O3)cc1. The largest absolute Gasteiger partial charge is 0.461 e. The average Bonchev–Trinajstić information content (AvgIpc) is 0.810. The van der Waals surface area contributed by atoms with Crippen LogP contribution >= 0.6 is 0 Å². The van der Waals surface area contributed by atoms with Gasteiger partial charge in [0.25, 0.3) is 0 Å². The summed E-state index contributed by atoms with van der Waals surface area (Å²) in [6.45, 7) is 8.74. The maximum absolute atomic E-state index is 14.1. The van der Waals surface area contributed by atoms with Gasteiger partial charge in [0.05, 0.1) is 86.0 Å². The number of carbonyl (C=O) groups is 5. The number of rotatable bonds is 17. The number of hydrogen-bond acceptors (Lipinski definition) is 23. The summed E-state index contributed by atoms with van der Waals surface area (Å²) in [7, 11) is 7.39. The van der Waals surface area contributed by atoms with Gasteiger partial charge in [0.2, 0.25) is 11.8 Å². The molecule has 2 amide bonds. The molecule has 4 aliphatic rings. The van der Waals surface area contributed by atoms with Crippen LogP contribution in [0.4, 0.5) is 5.69 Å². The van der Waals surface area contributed by atoms with E-state index >= 15 is 0 Å². The fourth-order valence-electron chi connectivity index (χ4n) is 12.2. The Morgan fingerprint density at radius 2 is 1.31 bits per heavy atom. The van der Waals surface area contributed by atoms with Crippen LogP contribution < -0.4 is 16.0 Å². The van der Waals surface area contributed by atoms with Crippen molar-refractivity contribution < 1.29 is 94.0 Å². The number of cyclic esters (lactones) is 1. The topological polar surface area (TPSA) is 370 Å². The van der Waals surface area contributed by atoms with Crippen LogP contribution in [0.15, 0.2) is 109 Å². The predicted molar refractivity (Wildman–Crippen MR) is 357 cm³/mol. The molecule has 0 aromatic heterocycles. The third kappa shape index (κ3) is 28.7. The minimum Gasteiger partial charge on any atom is -0.461 e. The molecule has 4 heterocycles. The first-order valence-electron chi connectivity index (χ1n) is 33.3. The summed E-state index contributed by atoms with van der Waals surface area (Å²) in [6.07, 6.45) is 2.29. The second-order valence-electron chi connectivity index (χ2n) is 26.3. The molecule has 25 nitrogen and oxygen atoms in total. The number of ether oxygens (including phenoxy) is 4. The Balaban J connectivity index is 1.39. The average molecular weight is 1340 g/mol. The van der Waals surface area contributed by atoms with Crippen molar-refractivity contribution >= 4 is 35.0 Å². The molecule has 532 valence electrons. The summed E-state index contributed by atoms with van der Waals surface area (Å²) in [4.78, 5) is 73.0. The Hall–Kier alpha value is -5.69. The van der Waals surface area contributed by atoms with E-state index in [0.717, 1.165) is 18.8 Å². The maximum atomic E-state index is 14.1. The molecule has 1 aromatic rings. The summed E-state index contributed by atoms with van der Waals surface area (Å²) in [5.74, 6) is -7.04. The minimum atomic E-state index is -2.32. The molecule has 0 saturated carbocycles. The lowest BCUT2D eigenvalue weighted by molar-refractivity contribution is -0.307. The van der Waals surface area contributed by atoms with Crippen molar-refractivity contribution in [3.05, 3.63) is 115 Å². The van der Waals surface area contributed by atoms with Crippen LogP contribution in [0.5, 0.6) is 0 Å². The summed E-state index contributed by atoms with van der Waals surface area (Å²) in [5.41, 5.74) is 1.30. The molecule has 19 unspecified atom stereocenters. The monoisotopic (exact) mass is 1340 g/mol. The van der Waals surface area contributed by atoms with Crippen molar-refractivity contribution in [2.24, 2.45) is 17.8 Å². The number of Topliss-reactive ketones (excluding diaryl/α,β-unsaturated/α-hetero) is 2. The normalized spacial score (nSPS) is 35.3. The molecule has 0 aliphatic carbocycles. The van der Waals surface area contributed by atoms with E-state index in [1.54, 1.807) is 117 Å². The van der Waals surface area contributed by atoms with E-state index < -0.39 is 178 Å². The maximum Gasteiger partial charge on any atom is 0.308 e. The predicted octanol–water partition coefficient (Wildman–Crippen LogP) is 1.74. The minimum absolute atomic E-state index is 0.0259.